The quantitative estimate of drug-likeness (QED) is 0.227. The summed E-state index contributed by atoms with van der Waals surface area (Å²) in [6.07, 6.45) is 22.8. The molecule has 2 fully saturated rings. The zero-order chi connectivity index (χ0) is 23.8. The molecule has 0 aromatic heterocycles. The van der Waals surface area contributed by atoms with Gasteiger partial charge in [-0.15, -0.1) is 0 Å². The maximum Gasteiger partial charge on any atom is 0.119 e. The predicted molar refractivity (Wildman–Crippen MR) is 144 cm³/mol. The fourth-order valence-corrected chi connectivity index (χ4v) is 5.37. The normalized spacial score (nSPS) is 25.0. The third-order valence-electron chi connectivity index (χ3n) is 7.77. The highest BCUT2D eigenvalue weighted by molar-refractivity contribution is 5.31. The van der Waals surface area contributed by atoms with Crippen LogP contribution in [0.1, 0.15) is 104 Å². The average molecular weight is 465 g/mol. The van der Waals surface area contributed by atoms with Gasteiger partial charge >= 0.3 is 0 Å². The number of hydrogen-bond donors (Lipinski definition) is 0. The van der Waals surface area contributed by atoms with Crippen LogP contribution in [0.25, 0.3) is 0 Å². The van der Waals surface area contributed by atoms with Crippen molar-refractivity contribution in [1.82, 2.24) is 0 Å². The zero-order valence-electron chi connectivity index (χ0n) is 21.9. The maximum absolute atomic E-state index is 6.07. The topological polar surface area (TPSA) is 18.5 Å². The molecule has 34 heavy (non-hydrogen) atoms. The maximum atomic E-state index is 6.07. The second kappa shape index (κ2) is 15.9. The van der Waals surface area contributed by atoms with Gasteiger partial charge in [0.05, 0.1) is 13.2 Å². The van der Waals surface area contributed by atoms with Crippen LogP contribution in [-0.2, 0) is 0 Å². The number of unbranched alkanes of at least 4 members (excludes halogenated alkanes) is 3. The number of ether oxygens (including phenoxy) is 2. The molecule has 2 aliphatic carbocycles. The van der Waals surface area contributed by atoms with Gasteiger partial charge in [-0.2, -0.15) is 0 Å². The Morgan fingerprint density at radius 1 is 0.765 bits per heavy atom. The molecule has 0 amide bonds. The van der Waals surface area contributed by atoms with E-state index in [4.69, 9.17) is 9.47 Å². The van der Waals surface area contributed by atoms with Crippen LogP contribution in [0.5, 0.6) is 11.5 Å². The van der Waals surface area contributed by atoms with Crippen molar-refractivity contribution in [3.8, 4) is 23.3 Å². The summed E-state index contributed by atoms with van der Waals surface area (Å²) >= 11 is 0. The monoisotopic (exact) mass is 464 g/mol. The van der Waals surface area contributed by atoms with Crippen molar-refractivity contribution in [3.05, 3.63) is 36.4 Å². The van der Waals surface area contributed by atoms with Crippen LogP contribution in [0.3, 0.4) is 0 Å². The first kappa shape index (κ1) is 26.7. The van der Waals surface area contributed by atoms with Crippen molar-refractivity contribution in [2.75, 3.05) is 13.2 Å². The summed E-state index contributed by atoms with van der Waals surface area (Å²) in [6.45, 7) is 6.14. The van der Waals surface area contributed by atoms with Crippen LogP contribution in [0.2, 0.25) is 0 Å². The van der Waals surface area contributed by atoms with Gasteiger partial charge in [0, 0.05) is 5.92 Å². The Morgan fingerprint density at radius 3 is 2.09 bits per heavy atom. The summed E-state index contributed by atoms with van der Waals surface area (Å²) in [7, 11) is 0. The molecule has 2 aliphatic rings. The van der Waals surface area contributed by atoms with E-state index in [0.29, 0.717) is 11.8 Å². The van der Waals surface area contributed by atoms with Crippen LogP contribution < -0.4 is 9.47 Å². The van der Waals surface area contributed by atoms with Crippen LogP contribution in [0.4, 0.5) is 0 Å². The van der Waals surface area contributed by atoms with Crippen molar-refractivity contribution >= 4 is 0 Å². The van der Waals surface area contributed by atoms with Gasteiger partial charge in [-0.1, -0.05) is 63.9 Å². The van der Waals surface area contributed by atoms with Crippen LogP contribution in [-0.4, -0.2) is 13.2 Å². The predicted octanol–water partition coefficient (Wildman–Crippen LogP) is 9.00. The molecule has 0 radical (unpaired) electrons. The van der Waals surface area contributed by atoms with Gasteiger partial charge in [-0.05, 0) is 106 Å². The first-order valence-electron chi connectivity index (χ1n) is 14.3. The molecule has 0 heterocycles. The third-order valence-corrected chi connectivity index (χ3v) is 7.77. The Morgan fingerprint density at radius 2 is 1.41 bits per heavy atom. The van der Waals surface area contributed by atoms with Crippen molar-refractivity contribution in [2.45, 2.75) is 104 Å². The second-order valence-corrected chi connectivity index (χ2v) is 10.6. The minimum atomic E-state index is 0.565. The molecule has 0 spiro atoms. The molecule has 2 nitrogen and oxygen atoms in total. The lowest BCUT2D eigenvalue weighted by atomic mass is 9.80. The van der Waals surface area contributed by atoms with E-state index in [2.05, 4.69) is 37.8 Å². The van der Waals surface area contributed by atoms with E-state index in [1.165, 1.54) is 83.5 Å². The van der Waals surface area contributed by atoms with Gasteiger partial charge in [0.2, 0.25) is 0 Å². The number of allylic oxidation sites excluding steroid dienone is 2. The molecular formula is C32H48O2. The lowest BCUT2D eigenvalue weighted by molar-refractivity contribution is 0.196. The Balaban J connectivity index is 1.27. The molecule has 0 saturated heterocycles. The summed E-state index contributed by atoms with van der Waals surface area (Å²) in [4.78, 5) is 0. The molecule has 1 aromatic rings. The van der Waals surface area contributed by atoms with E-state index in [9.17, 15) is 0 Å². The SMILES string of the molecule is CCCCCOc1ccc(OCC2CCC(C#CC=CC3CCC(CCCC)CC3)CC2)cc1. The first-order valence-corrected chi connectivity index (χ1v) is 14.3. The minimum absolute atomic E-state index is 0.565. The highest BCUT2D eigenvalue weighted by Crippen LogP contribution is 2.32. The Bertz CT molecular complexity index is 737. The molecule has 2 saturated carbocycles. The van der Waals surface area contributed by atoms with Gasteiger partial charge < -0.3 is 9.47 Å². The lowest BCUT2D eigenvalue weighted by Gasteiger charge is -2.26. The van der Waals surface area contributed by atoms with Crippen LogP contribution in [0, 0.1) is 35.5 Å². The minimum Gasteiger partial charge on any atom is -0.494 e. The van der Waals surface area contributed by atoms with Crippen LogP contribution >= 0.6 is 0 Å². The van der Waals surface area contributed by atoms with Gasteiger partial charge in [0.15, 0.2) is 0 Å². The molecule has 3 rings (SSSR count). The number of hydrogen-bond acceptors (Lipinski definition) is 2. The standard InChI is InChI=1S/C32H48O2/c1-3-5-9-25-33-31-21-23-32(24-22-31)34-26-30-19-17-29(18-20-30)12-8-7-11-28-15-13-27(14-16-28)10-6-4-2/h7,11,21-24,27-30H,3-6,9-10,13-20,25-26H2,1-2H3. The Hall–Kier alpha value is -1.88. The molecule has 2 heteroatoms. The molecule has 188 valence electrons. The average Bonchev–Trinajstić information content (AvgIpc) is 2.89. The molecule has 1 aromatic carbocycles. The Kier molecular flexibility index (Phi) is 12.5. The second-order valence-electron chi connectivity index (χ2n) is 10.6. The highest BCUT2D eigenvalue weighted by Gasteiger charge is 2.21. The first-order chi connectivity index (χ1) is 16.8. The van der Waals surface area contributed by atoms with Crippen LogP contribution in [0.15, 0.2) is 36.4 Å². The summed E-state index contributed by atoms with van der Waals surface area (Å²) in [5.41, 5.74) is 0. The molecule has 0 aliphatic heterocycles. The smallest absolute Gasteiger partial charge is 0.119 e. The van der Waals surface area contributed by atoms with E-state index in [-0.39, 0.29) is 0 Å². The summed E-state index contributed by atoms with van der Waals surface area (Å²) < 4.78 is 11.9. The largest absolute Gasteiger partial charge is 0.494 e. The van der Waals surface area contributed by atoms with Crippen molar-refractivity contribution in [1.29, 1.82) is 0 Å². The van der Waals surface area contributed by atoms with Gasteiger partial charge in [-0.25, -0.2) is 0 Å². The van der Waals surface area contributed by atoms with Gasteiger partial charge in [-0.3, -0.25) is 0 Å². The van der Waals surface area contributed by atoms with E-state index >= 15 is 0 Å². The molecule has 0 bridgehead atoms. The van der Waals surface area contributed by atoms with Crippen molar-refractivity contribution < 1.29 is 9.47 Å². The number of rotatable bonds is 12. The third kappa shape index (κ3) is 10.2. The van der Waals surface area contributed by atoms with Crippen molar-refractivity contribution in [3.63, 3.8) is 0 Å². The Labute approximate surface area is 209 Å². The van der Waals surface area contributed by atoms with Gasteiger partial charge in [0.1, 0.15) is 11.5 Å². The molecular weight excluding hydrogens is 416 g/mol. The van der Waals surface area contributed by atoms with Crippen molar-refractivity contribution in [2.24, 2.45) is 23.7 Å². The fraction of sp³-hybridized carbons (Fsp3) is 0.688. The summed E-state index contributed by atoms with van der Waals surface area (Å²) in [6, 6.07) is 8.13. The van der Waals surface area contributed by atoms with E-state index < -0.39 is 0 Å². The summed E-state index contributed by atoms with van der Waals surface area (Å²) in [5, 5.41) is 0. The molecule has 0 unspecified atom stereocenters. The van der Waals surface area contributed by atoms with Gasteiger partial charge in [0.25, 0.3) is 0 Å². The van der Waals surface area contributed by atoms with E-state index in [1.54, 1.807) is 0 Å². The lowest BCUT2D eigenvalue weighted by Crippen LogP contribution is -2.19. The summed E-state index contributed by atoms with van der Waals surface area (Å²) in [5.74, 6) is 11.8. The van der Waals surface area contributed by atoms with E-state index in [1.807, 2.05) is 24.3 Å². The zero-order valence-corrected chi connectivity index (χ0v) is 21.9. The number of benzene rings is 1. The van der Waals surface area contributed by atoms with E-state index in [0.717, 1.165) is 43.0 Å². The molecule has 0 atom stereocenters. The highest BCUT2D eigenvalue weighted by atomic mass is 16.5. The fourth-order valence-electron chi connectivity index (χ4n) is 5.37. The molecule has 0 N–H and O–H groups in total.